The second-order valence-corrected chi connectivity index (χ2v) is 7.64. The third-order valence-electron chi connectivity index (χ3n) is 4.08. The van der Waals surface area contributed by atoms with Crippen LogP contribution >= 0.6 is 23.4 Å². The lowest BCUT2D eigenvalue weighted by molar-refractivity contribution is -0.140. The second-order valence-electron chi connectivity index (χ2n) is 6.07. The average molecular weight is 386 g/mol. The number of anilines is 2. The minimum atomic E-state index is -0.278. The van der Waals surface area contributed by atoms with Gasteiger partial charge in [-0.3, -0.25) is 4.79 Å². The molecule has 1 aliphatic heterocycles. The summed E-state index contributed by atoms with van der Waals surface area (Å²) in [5.41, 5.74) is 1.57. The van der Waals surface area contributed by atoms with Crippen LogP contribution in [0, 0.1) is 0 Å². The summed E-state index contributed by atoms with van der Waals surface area (Å²) in [6.45, 7) is 1.89. The van der Waals surface area contributed by atoms with Crippen LogP contribution in [0.5, 0.6) is 0 Å². The van der Waals surface area contributed by atoms with Crippen molar-refractivity contribution >= 4 is 51.7 Å². The zero-order valence-corrected chi connectivity index (χ0v) is 15.6. The van der Waals surface area contributed by atoms with Crippen LogP contribution in [0.1, 0.15) is 13.3 Å². The van der Waals surface area contributed by atoms with Crippen molar-refractivity contribution in [1.29, 1.82) is 0 Å². The largest absolute Gasteiger partial charge is 0.462 e. The first-order valence-electron chi connectivity index (χ1n) is 8.25. The molecule has 3 aromatic rings. The van der Waals surface area contributed by atoms with Gasteiger partial charge in [0.05, 0.1) is 16.2 Å². The standard InChI is InChI=1S/C19H16ClN3O2S/c1-11-10-16(18(24)25-11)26-19-22-14-8-4-2-6-12(14)17(23-19)21-15-9-5-3-7-13(15)20/h2-9,11,16H,10H2,1H3,(H,21,22,23)/t11-,16-/m0/s1. The summed E-state index contributed by atoms with van der Waals surface area (Å²) >= 11 is 7.60. The molecule has 1 aliphatic rings. The molecule has 0 bridgehead atoms. The van der Waals surface area contributed by atoms with Gasteiger partial charge >= 0.3 is 5.97 Å². The van der Waals surface area contributed by atoms with Crippen LogP contribution in [0.3, 0.4) is 0 Å². The predicted octanol–water partition coefficient (Wildman–Crippen LogP) is 4.82. The zero-order valence-electron chi connectivity index (χ0n) is 14.0. The Labute approximate surface area is 160 Å². The van der Waals surface area contributed by atoms with E-state index < -0.39 is 0 Å². The van der Waals surface area contributed by atoms with E-state index in [0.717, 1.165) is 16.6 Å². The van der Waals surface area contributed by atoms with Gasteiger partial charge in [-0.25, -0.2) is 9.97 Å². The number of carbonyl (C=O) groups excluding carboxylic acids is 1. The summed E-state index contributed by atoms with van der Waals surface area (Å²) < 4.78 is 5.23. The maximum absolute atomic E-state index is 11.9. The first kappa shape index (κ1) is 17.1. The van der Waals surface area contributed by atoms with Gasteiger partial charge in [0.25, 0.3) is 0 Å². The normalized spacial score (nSPS) is 19.5. The maximum Gasteiger partial charge on any atom is 0.319 e. The average Bonchev–Trinajstić information content (AvgIpc) is 2.94. The summed E-state index contributed by atoms with van der Waals surface area (Å²) in [6, 6.07) is 15.2. The van der Waals surface area contributed by atoms with Gasteiger partial charge in [-0.1, -0.05) is 47.6 Å². The van der Waals surface area contributed by atoms with Crippen molar-refractivity contribution in [3.8, 4) is 0 Å². The molecule has 2 aromatic carbocycles. The third-order valence-corrected chi connectivity index (χ3v) is 5.48. The summed E-state index contributed by atoms with van der Waals surface area (Å²) in [6.07, 6.45) is 0.591. The number of esters is 1. The fourth-order valence-electron chi connectivity index (χ4n) is 2.84. The highest BCUT2D eigenvalue weighted by Gasteiger charge is 2.33. The molecule has 0 spiro atoms. The van der Waals surface area contributed by atoms with Crippen LogP contribution in [0.4, 0.5) is 11.5 Å². The van der Waals surface area contributed by atoms with E-state index in [2.05, 4.69) is 15.3 Å². The van der Waals surface area contributed by atoms with Gasteiger partial charge in [-0.15, -0.1) is 0 Å². The van der Waals surface area contributed by atoms with Crippen LogP contribution in [-0.4, -0.2) is 27.3 Å². The Balaban J connectivity index is 1.71. The number of nitrogens with one attached hydrogen (secondary N) is 1. The van der Waals surface area contributed by atoms with Crippen LogP contribution in [0.15, 0.2) is 53.7 Å². The van der Waals surface area contributed by atoms with Gasteiger partial charge in [0, 0.05) is 11.8 Å². The number of nitrogens with zero attached hydrogens (tertiary/aromatic N) is 2. The molecular formula is C19H16ClN3O2S. The van der Waals surface area contributed by atoms with Crippen molar-refractivity contribution in [3.05, 3.63) is 53.6 Å². The van der Waals surface area contributed by atoms with Gasteiger partial charge in [0.2, 0.25) is 0 Å². The molecular weight excluding hydrogens is 370 g/mol. The quantitative estimate of drug-likeness (QED) is 0.513. The molecule has 7 heteroatoms. The topological polar surface area (TPSA) is 64.1 Å². The van der Waals surface area contributed by atoms with E-state index >= 15 is 0 Å². The molecule has 4 rings (SSSR count). The van der Waals surface area contributed by atoms with Gasteiger partial charge < -0.3 is 10.1 Å². The van der Waals surface area contributed by atoms with Crippen molar-refractivity contribution in [2.24, 2.45) is 0 Å². The van der Waals surface area contributed by atoms with E-state index in [-0.39, 0.29) is 17.3 Å². The number of hydrogen-bond donors (Lipinski definition) is 1. The molecule has 1 aromatic heterocycles. The predicted molar refractivity (Wildman–Crippen MR) is 104 cm³/mol. The molecule has 5 nitrogen and oxygen atoms in total. The smallest absolute Gasteiger partial charge is 0.319 e. The van der Waals surface area contributed by atoms with Crippen molar-refractivity contribution in [2.45, 2.75) is 29.9 Å². The lowest BCUT2D eigenvalue weighted by Gasteiger charge is -2.12. The van der Waals surface area contributed by atoms with Crippen LogP contribution in [0.2, 0.25) is 5.02 Å². The number of hydrogen-bond acceptors (Lipinski definition) is 6. The van der Waals surface area contributed by atoms with E-state index in [1.54, 1.807) is 0 Å². The minimum Gasteiger partial charge on any atom is -0.462 e. The van der Waals surface area contributed by atoms with Crippen molar-refractivity contribution < 1.29 is 9.53 Å². The fraction of sp³-hybridized carbons (Fsp3) is 0.211. The molecule has 0 saturated carbocycles. The molecule has 1 saturated heterocycles. The Hall–Kier alpha value is -2.31. The Bertz CT molecular complexity index is 982. The van der Waals surface area contributed by atoms with Crippen LogP contribution < -0.4 is 5.32 Å². The Morgan fingerprint density at radius 3 is 2.69 bits per heavy atom. The molecule has 0 radical (unpaired) electrons. The molecule has 132 valence electrons. The highest BCUT2D eigenvalue weighted by atomic mass is 35.5. The first-order valence-corrected chi connectivity index (χ1v) is 9.51. The number of aromatic nitrogens is 2. The van der Waals surface area contributed by atoms with E-state index in [1.807, 2.05) is 55.5 Å². The van der Waals surface area contributed by atoms with E-state index in [9.17, 15) is 4.79 Å². The molecule has 2 atom stereocenters. The lowest BCUT2D eigenvalue weighted by atomic mass is 10.2. The van der Waals surface area contributed by atoms with Gasteiger partial charge in [-0.2, -0.15) is 0 Å². The maximum atomic E-state index is 11.9. The zero-order chi connectivity index (χ0) is 18.1. The number of halogens is 1. The lowest BCUT2D eigenvalue weighted by Crippen LogP contribution is -2.10. The van der Waals surface area contributed by atoms with E-state index in [0.29, 0.717) is 22.4 Å². The van der Waals surface area contributed by atoms with Crippen LogP contribution in [-0.2, 0) is 9.53 Å². The van der Waals surface area contributed by atoms with E-state index in [1.165, 1.54) is 11.8 Å². The fourth-order valence-corrected chi connectivity index (χ4v) is 4.09. The molecule has 0 aliphatic carbocycles. The number of fused-ring (bicyclic) bond motifs is 1. The molecule has 0 unspecified atom stereocenters. The third kappa shape index (κ3) is 3.48. The Kier molecular flexibility index (Phi) is 4.70. The van der Waals surface area contributed by atoms with Crippen molar-refractivity contribution in [3.63, 3.8) is 0 Å². The first-order chi connectivity index (χ1) is 12.6. The number of benzene rings is 2. The number of thioether (sulfide) groups is 1. The number of ether oxygens (including phenoxy) is 1. The van der Waals surface area contributed by atoms with Crippen molar-refractivity contribution in [1.82, 2.24) is 9.97 Å². The van der Waals surface area contributed by atoms with Gasteiger partial charge in [0.15, 0.2) is 5.16 Å². The van der Waals surface area contributed by atoms with Crippen LogP contribution in [0.25, 0.3) is 10.9 Å². The Morgan fingerprint density at radius 2 is 1.92 bits per heavy atom. The number of cyclic esters (lactones) is 1. The highest BCUT2D eigenvalue weighted by Crippen LogP contribution is 2.34. The number of para-hydroxylation sites is 2. The summed E-state index contributed by atoms with van der Waals surface area (Å²) in [4.78, 5) is 21.2. The number of rotatable bonds is 4. The SMILES string of the molecule is C[C@H]1C[C@H](Sc2nc(Nc3ccccc3Cl)c3ccccc3n2)C(=O)O1. The second kappa shape index (κ2) is 7.13. The molecule has 1 fully saturated rings. The van der Waals surface area contributed by atoms with Crippen molar-refractivity contribution in [2.75, 3.05) is 5.32 Å². The molecule has 2 heterocycles. The highest BCUT2D eigenvalue weighted by molar-refractivity contribution is 8.00. The molecule has 0 amide bonds. The summed E-state index contributed by atoms with van der Waals surface area (Å²) in [5.74, 6) is 0.450. The van der Waals surface area contributed by atoms with Gasteiger partial charge in [0.1, 0.15) is 17.2 Å². The number of carbonyl (C=O) groups is 1. The Morgan fingerprint density at radius 1 is 1.15 bits per heavy atom. The molecule has 1 N–H and O–H groups in total. The molecule has 26 heavy (non-hydrogen) atoms. The monoisotopic (exact) mass is 385 g/mol. The summed E-state index contributed by atoms with van der Waals surface area (Å²) in [5, 5.41) is 5.04. The summed E-state index contributed by atoms with van der Waals surface area (Å²) in [7, 11) is 0. The minimum absolute atomic E-state index is 0.0684. The van der Waals surface area contributed by atoms with E-state index in [4.69, 9.17) is 16.3 Å². The van der Waals surface area contributed by atoms with Gasteiger partial charge in [-0.05, 0) is 31.2 Å².